The quantitative estimate of drug-likeness (QED) is 0.616. The Kier molecular flexibility index (Phi) is 6.09. The van der Waals surface area contributed by atoms with E-state index in [0.29, 0.717) is 18.1 Å². The lowest BCUT2D eigenvalue weighted by molar-refractivity contribution is -0.138. The predicted octanol–water partition coefficient (Wildman–Crippen LogP) is 4.17. The fourth-order valence-corrected chi connectivity index (χ4v) is 2.94. The maximum absolute atomic E-state index is 12.8. The summed E-state index contributed by atoms with van der Waals surface area (Å²) in [6.45, 7) is 6.17. The highest BCUT2D eigenvalue weighted by Crippen LogP contribution is 2.22. The SMILES string of the molecule is CC[C@@H](Oc1ccc(C)cc1C)C(=O)N(C)Cc1nc(-c2ccccc2)no1. The number of rotatable bonds is 7. The molecular formula is C22H25N3O3. The summed E-state index contributed by atoms with van der Waals surface area (Å²) in [5.74, 6) is 1.50. The van der Waals surface area contributed by atoms with Crippen LogP contribution in [0.2, 0.25) is 0 Å². The van der Waals surface area contributed by atoms with E-state index in [0.717, 1.165) is 22.4 Å². The van der Waals surface area contributed by atoms with Gasteiger partial charge in [0.1, 0.15) is 5.75 Å². The number of nitrogens with zero attached hydrogens (tertiary/aromatic N) is 3. The van der Waals surface area contributed by atoms with E-state index in [1.165, 1.54) is 0 Å². The molecular weight excluding hydrogens is 354 g/mol. The Labute approximate surface area is 165 Å². The molecule has 0 bridgehead atoms. The van der Waals surface area contributed by atoms with Gasteiger partial charge in [0, 0.05) is 12.6 Å². The normalized spacial score (nSPS) is 11.9. The van der Waals surface area contributed by atoms with Crippen molar-refractivity contribution in [2.45, 2.75) is 39.8 Å². The summed E-state index contributed by atoms with van der Waals surface area (Å²) in [4.78, 5) is 18.8. The second kappa shape index (κ2) is 8.69. The van der Waals surface area contributed by atoms with Crippen molar-refractivity contribution in [2.75, 3.05) is 7.05 Å². The monoisotopic (exact) mass is 379 g/mol. The van der Waals surface area contributed by atoms with E-state index in [2.05, 4.69) is 10.1 Å². The maximum atomic E-state index is 12.8. The molecule has 28 heavy (non-hydrogen) atoms. The molecule has 0 aliphatic heterocycles. The van der Waals surface area contributed by atoms with Crippen molar-refractivity contribution in [1.29, 1.82) is 0 Å². The standard InChI is InChI=1S/C22H25N3O3/c1-5-18(27-19-12-11-15(2)13-16(19)3)22(26)25(4)14-20-23-21(24-28-20)17-9-7-6-8-10-17/h6-13,18H,5,14H2,1-4H3/t18-/m1/s1. The van der Waals surface area contributed by atoms with Gasteiger partial charge < -0.3 is 14.2 Å². The number of likely N-dealkylation sites (N-methyl/N-ethyl adjacent to an activating group) is 1. The summed E-state index contributed by atoms with van der Waals surface area (Å²) in [5, 5.41) is 4.00. The molecule has 0 spiro atoms. The third kappa shape index (κ3) is 4.57. The van der Waals surface area contributed by atoms with Crippen molar-refractivity contribution >= 4 is 5.91 Å². The number of carbonyl (C=O) groups excluding carboxylic acids is 1. The summed E-state index contributed by atoms with van der Waals surface area (Å²) >= 11 is 0. The fourth-order valence-electron chi connectivity index (χ4n) is 2.94. The molecule has 146 valence electrons. The Morgan fingerprint density at radius 3 is 2.61 bits per heavy atom. The van der Waals surface area contributed by atoms with Gasteiger partial charge in [-0.1, -0.05) is 60.1 Å². The van der Waals surface area contributed by atoms with Crippen LogP contribution in [-0.2, 0) is 11.3 Å². The van der Waals surface area contributed by atoms with E-state index in [4.69, 9.17) is 9.26 Å². The molecule has 2 aromatic carbocycles. The second-order valence-electron chi connectivity index (χ2n) is 6.86. The Balaban J connectivity index is 1.66. The second-order valence-corrected chi connectivity index (χ2v) is 6.86. The minimum atomic E-state index is -0.567. The zero-order valence-corrected chi connectivity index (χ0v) is 16.7. The fraction of sp³-hybridized carbons (Fsp3) is 0.318. The van der Waals surface area contributed by atoms with Crippen molar-refractivity contribution in [3.05, 3.63) is 65.5 Å². The molecule has 0 aliphatic carbocycles. The van der Waals surface area contributed by atoms with E-state index in [1.807, 2.05) is 69.3 Å². The van der Waals surface area contributed by atoms with Gasteiger partial charge in [-0.3, -0.25) is 4.79 Å². The van der Waals surface area contributed by atoms with Crippen molar-refractivity contribution in [3.8, 4) is 17.1 Å². The van der Waals surface area contributed by atoms with Gasteiger partial charge in [-0.2, -0.15) is 4.98 Å². The highest BCUT2D eigenvalue weighted by Gasteiger charge is 2.24. The molecule has 0 radical (unpaired) electrons. The van der Waals surface area contributed by atoms with Crippen LogP contribution in [0.3, 0.4) is 0 Å². The number of amides is 1. The predicted molar refractivity (Wildman–Crippen MR) is 107 cm³/mol. The van der Waals surface area contributed by atoms with Crippen molar-refractivity contribution in [2.24, 2.45) is 0 Å². The number of aryl methyl sites for hydroxylation is 2. The van der Waals surface area contributed by atoms with Crippen LogP contribution in [0.15, 0.2) is 53.1 Å². The average molecular weight is 379 g/mol. The van der Waals surface area contributed by atoms with Gasteiger partial charge in [-0.05, 0) is 31.9 Å². The molecule has 0 saturated carbocycles. The van der Waals surface area contributed by atoms with Crippen LogP contribution in [0.1, 0.15) is 30.4 Å². The molecule has 1 atom stereocenters. The lowest BCUT2D eigenvalue weighted by Gasteiger charge is -2.23. The molecule has 0 unspecified atom stereocenters. The molecule has 1 aromatic heterocycles. The smallest absolute Gasteiger partial charge is 0.263 e. The van der Waals surface area contributed by atoms with Gasteiger partial charge in [0.15, 0.2) is 6.10 Å². The van der Waals surface area contributed by atoms with Gasteiger partial charge in [0.25, 0.3) is 5.91 Å². The number of hydrogen-bond donors (Lipinski definition) is 0. The van der Waals surface area contributed by atoms with E-state index in [1.54, 1.807) is 11.9 Å². The van der Waals surface area contributed by atoms with Crippen LogP contribution >= 0.6 is 0 Å². The summed E-state index contributed by atoms with van der Waals surface area (Å²) in [5.41, 5.74) is 3.04. The Morgan fingerprint density at radius 1 is 1.18 bits per heavy atom. The molecule has 0 N–H and O–H groups in total. The van der Waals surface area contributed by atoms with Gasteiger partial charge in [-0.25, -0.2) is 0 Å². The number of benzene rings is 2. The van der Waals surface area contributed by atoms with Gasteiger partial charge in [0.05, 0.1) is 6.54 Å². The van der Waals surface area contributed by atoms with E-state index in [-0.39, 0.29) is 12.5 Å². The van der Waals surface area contributed by atoms with Crippen LogP contribution in [0.4, 0.5) is 0 Å². The van der Waals surface area contributed by atoms with Crippen molar-refractivity contribution in [1.82, 2.24) is 15.0 Å². The largest absolute Gasteiger partial charge is 0.480 e. The molecule has 6 heteroatoms. The van der Waals surface area contributed by atoms with Crippen LogP contribution in [0, 0.1) is 13.8 Å². The van der Waals surface area contributed by atoms with E-state index in [9.17, 15) is 4.79 Å². The first kappa shape index (κ1) is 19.6. The van der Waals surface area contributed by atoms with Gasteiger partial charge in [0.2, 0.25) is 11.7 Å². The summed E-state index contributed by atoms with van der Waals surface area (Å²) in [7, 11) is 1.71. The molecule has 0 saturated heterocycles. The Bertz CT molecular complexity index is 937. The van der Waals surface area contributed by atoms with Crippen molar-refractivity contribution < 1.29 is 14.1 Å². The molecule has 1 heterocycles. The Hall–Kier alpha value is -3.15. The number of hydrogen-bond acceptors (Lipinski definition) is 5. The topological polar surface area (TPSA) is 68.5 Å². The molecule has 3 aromatic rings. The minimum Gasteiger partial charge on any atom is -0.480 e. The number of aromatic nitrogens is 2. The zero-order chi connectivity index (χ0) is 20.1. The van der Waals surface area contributed by atoms with E-state index >= 15 is 0 Å². The first-order valence-electron chi connectivity index (χ1n) is 9.34. The first-order chi connectivity index (χ1) is 13.5. The minimum absolute atomic E-state index is 0.123. The van der Waals surface area contributed by atoms with Crippen LogP contribution < -0.4 is 4.74 Å². The third-order valence-corrected chi connectivity index (χ3v) is 4.49. The molecule has 1 amide bonds. The van der Waals surface area contributed by atoms with E-state index < -0.39 is 6.10 Å². The van der Waals surface area contributed by atoms with Crippen LogP contribution in [-0.4, -0.2) is 34.1 Å². The summed E-state index contributed by atoms with van der Waals surface area (Å²) < 4.78 is 11.3. The molecule has 3 rings (SSSR count). The molecule has 6 nitrogen and oxygen atoms in total. The molecule has 0 fully saturated rings. The van der Waals surface area contributed by atoms with Gasteiger partial charge >= 0.3 is 0 Å². The lowest BCUT2D eigenvalue weighted by Crippen LogP contribution is -2.39. The average Bonchev–Trinajstić information content (AvgIpc) is 3.16. The highest BCUT2D eigenvalue weighted by atomic mass is 16.5. The Morgan fingerprint density at radius 2 is 1.93 bits per heavy atom. The van der Waals surface area contributed by atoms with Crippen LogP contribution in [0.25, 0.3) is 11.4 Å². The maximum Gasteiger partial charge on any atom is 0.263 e. The first-order valence-corrected chi connectivity index (χ1v) is 9.34. The highest BCUT2D eigenvalue weighted by molar-refractivity contribution is 5.81. The third-order valence-electron chi connectivity index (χ3n) is 4.49. The summed E-state index contributed by atoms with van der Waals surface area (Å²) in [6.07, 6.45) is -0.00167. The summed E-state index contributed by atoms with van der Waals surface area (Å²) in [6, 6.07) is 15.5. The van der Waals surface area contributed by atoms with Crippen LogP contribution in [0.5, 0.6) is 5.75 Å². The number of carbonyl (C=O) groups is 1. The number of ether oxygens (including phenoxy) is 1. The lowest BCUT2D eigenvalue weighted by atomic mass is 10.1. The molecule has 0 aliphatic rings. The van der Waals surface area contributed by atoms with Gasteiger partial charge in [-0.15, -0.1) is 0 Å². The zero-order valence-electron chi connectivity index (χ0n) is 16.7. The van der Waals surface area contributed by atoms with Crippen molar-refractivity contribution in [3.63, 3.8) is 0 Å².